The molecule has 22 heavy (non-hydrogen) atoms. The van der Waals surface area contributed by atoms with E-state index < -0.39 is 12.0 Å². The SMILES string of the molecule is CCCCN(Cc1csc(C(C)C)n1)C(=O)N[C@@H](C)C(=O)O. The van der Waals surface area contributed by atoms with Gasteiger partial charge >= 0.3 is 12.0 Å². The Kier molecular flexibility index (Phi) is 7.31. The molecule has 7 heteroatoms. The number of aliphatic carboxylic acids is 1. The predicted molar refractivity (Wildman–Crippen MR) is 87.2 cm³/mol. The van der Waals surface area contributed by atoms with Gasteiger partial charge in [-0.2, -0.15) is 0 Å². The van der Waals surface area contributed by atoms with E-state index in [1.54, 1.807) is 16.2 Å². The highest BCUT2D eigenvalue weighted by Crippen LogP contribution is 2.20. The smallest absolute Gasteiger partial charge is 0.325 e. The number of carbonyl (C=O) groups is 2. The minimum absolute atomic E-state index is 0.359. The van der Waals surface area contributed by atoms with Crippen LogP contribution in [0.4, 0.5) is 4.79 Å². The first-order valence-corrected chi connectivity index (χ1v) is 8.45. The van der Waals surface area contributed by atoms with Crippen molar-refractivity contribution in [1.82, 2.24) is 15.2 Å². The van der Waals surface area contributed by atoms with Crippen molar-refractivity contribution in [3.8, 4) is 0 Å². The average molecular weight is 327 g/mol. The van der Waals surface area contributed by atoms with Crippen molar-refractivity contribution in [2.45, 2.75) is 59.0 Å². The summed E-state index contributed by atoms with van der Waals surface area (Å²) < 4.78 is 0. The maximum absolute atomic E-state index is 12.2. The number of carbonyl (C=O) groups excluding carboxylic acids is 1. The van der Waals surface area contributed by atoms with Gasteiger partial charge in [-0.25, -0.2) is 9.78 Å². The Hall–Kier alpha value is -1.63. The third-order valence-electron chi connectivity index (χ3n) is 3.20. The van der Waals surface area contributed by atoms with Gasteiger partial charge in [0.1, 0.15) is 6.04 Å². The van der Waals surface area contributed by atoms with Crippen molar-refractivity contribution in [2.24, 2.45) is 0 Å². The zero-order valence-corrected chi connectivity index (χ0v) is 14.4. The molecular weight excluding hydrogens is 302 g/mol. The maximum atomic E-state index is 12.2. The van der Waals surface area contributed by atoms with Gasteiger partial charge in [0, 0.05) is 17.8 Å². The van der Waals surface area contributed by atoms with Crippen LogP contribution in [0, 0.1) is 0 Å². The van der Waals surface area contributed by atoms with E-state index in [9.17, 15) is 9.59 Å². The van der Waals surface area contributed by atoms with Gasteiger partial charge in [0.05, 0.1) is 17.2 Å². The number of nitrogens with one attached hydrogen (secondary N) is 1. The molecule has 2 N–H and O–H groups in total. The zero-order valence-electron chi connectivity index (χ0n) is 13.6. The van der Waals surface area contributed by atoms with Gasteiger partial charge in [-0.3, -0.25) is 4.79 Å². The first-order valence-electron chi connectivity index (χ1n) is 7.57. The van der Waals surface area contributed by atoms with Crippen molar-refractivity contribution in [3.05, 3.63) is 16.1 Å². The summed E-state index contributed by atoms with van der Waals surface area (Å²) in [5.74, 6) is -0.678. The van der Waals surface area contributed by atoms with Gasteiger partial charge in [-0.1, -0.05) is 27.2 Å². The second-order valence-corrected chi connectivity index (χ2v) is 6.51. The van der Waals surface area contributed by atoms with Crippen molar-refractivity contribution in [3.63, 3.8) is 0 Å². The summed E-state index contributed by atoms with van der Waals surface area (Å²) in [6, 6.07) is -1.26. The molecule has 0 saturated heterocycles. The van der Waals surface area contributed by atoms with Crippen molar-refractivity contribution in [2.75, 3.05) is 6.54 Å². The molecule has 0 aromatic carbocycles. The van der Waals surface area contributed by atoms with Crippen LogP contribution in [0.3, 0.4) is 0 Å². The van der Waals surface area contributed by atoms with Gasteiger partial charge in [0.25, 0.3) is 0 Å². The van der Waals surface area contributed by atoms with E-state index in [1.165, 1.54) is 6.92 Å². The zero-order chi connectivity index (χ0) is 16.7. The molecule has 1 aromatic heterocycles. The first kappa shape index (κ1) is 18.4. The standard InChI is InChI=1S/C15H25N3O3S/c1-5-6-7-18(15(21)16-11(4)14(19)20)8-12-9-22-13(17-12)10(2)3/h9-11H,5-8H2,1-4H3,(H,16,21)(H,19,20)/t11-/m0/s1. The Morgan fingerprint density at radius 1 is 1.41 bits per heavy atom. The number of hydrogen-bond acceptors (Lipinski definition) is 4. The van der Waals surface area contributed by atoms with E-state index in [0.717, 1.165) is 23.5 Å². The number of amides is 2. The summed E-state index contributed by atoms with van der Waals surface area (Å²) in [5, 5.41) is 14.4. The van der Waals surface area contributed by atoms with Crippen LogP contribution in [-0.2, 0) is 11.3 Å². The highest BCUT2D eigenvalue weighted by molar-refractivity contribution is 7.09. The summed E-state index contributed by atoms with van der Waals surface area (Å²) in [6.07, 6.45) is 1.84. The fraction of sp³-hybridized carbons (Fsp3) is 0.667. The minimum Gasteiger partial charge on any atom is -0.480 e. The summed E-state index contributed by atoms with van der Waals surface area (Å²) >= 11 is 1.59. The van der Waals surface area contributed by atoms with E-state index in [1.807, 2.05) is 5.38 Å². The molecule has 0 bridgehead atoms. The van der Waals surface area contributed by atoms with Crippen LogP contribution >= 0.6 is 11.3 Å². The molecule has 0 saturated carbocycles. The molecule has 0 unspecified atom stereocenters. The number of urea groups is 1. The monoisotopic (exact) mass is 327 g/mol. The fourth-order valence-corrected chi connectivity index (χ4v) is 2.62. The molecule has 0 aliphatic rings. The summed E-state index contributed by atoms with van der Waals surface area (Å²) in [5.41, 5.74) is 0.850. The molecule has 1 heterocycles. The normalized spacial score (nSPS) is 12.2. The lowest BCUT2D eigenvalue weighted by Crippen LogP contribution is -2.46. The van der Waals surface area contributed by atoms with Crippen molar-refractivity contribution < 1.29 is 14.7 Å². The molecule has 0 aliphatic carbocycles. The summed E-state index contributed by atoms with van der Waals surface area (Å²) in [7, 11) is 0. The molecular formula is C15H25N3O3S. The topological polar surface area (TPSA) is 82.5 Å². The number of aromatic nitrogens is 1. The number of hydrogen-bond donors (Lipinski definition) is 2. The van der Waals surface area contributed by atoms with E-state index in [2.05, 4.69) is 31.1 Å². The average Bonchev–Trinajstić information content (AvgIpc) is 2.91. The van der Waals surface area contributed by atoms with Gasteiger partial charge in [0.15, 0.2) is 0 Å². The number of nitrogens with zero attached hydrogens (tertiary/aromatic N) is 2. The molecule has 0 spiro atoms. The Labute approximate surface area is 135 Å². The van der Waals surface area contributed by atoms with Crippen molar-refractivity contribution in [1.29, 1.82) is 0 Å². The number of unbranched alkanes of at least 4 members (excludes halogenated alkanes) is 1. The maximum Gasteiger partial charge on any atom is 0.325 e. The Bertz CT molecular complexity index is 502. The summed E-state index contributed by atoms with van der Waals surface area (Å²) in [6.45, 7) is 8.66. The Morgan fingerprint density at radius 2 is 2.09 bits per heavy atom. The fourth-order valence-electron chi connectivity index (χ4n) is 1.80. The summed E-state index contributed by atoms with van der Waals surface area (Å²) in [4.78, 5) is 29.3. The van der Waals surface area contributed by atoms with E-state index in [0.29, 0.717) is 19.0 Å². The molecule has 2 amide bonds. The molecule has 1 atom stereocenters. The lowest BCUT2D eigenvalue weighted by molar-refractivity contribution is -0.138. The van der Waals surface area contributed by atoms with Gasteiger partial charge < -0.3 is 15.3 Å². The quantitative estimate of drug-likeness (QED) is 0.769. The number of carboxylic acids is 1. The second-order valence-electron chi connectivity index (χ2n) is 5.62. The van der Waals surface area contributed by atoms with Gasteiger partial charge in [-0.15, -0.1) is 11.3 Å². The number of rotatable bonds is 8. The van der Waals surface area contributed by atoms with Crippen molar-refractivity contribution >= 4 is 23.3 Å². The predicted octanol–water partition coefficient (Wildman–Crippen LogP) is 3.05. The lowest BCUT2D eigenvalue weighted by Gasteiger charge is -2.23. The molecule has 0 radical (unpaired) electrons. The molecule has 6 nitrogen and oxygen atoms in total. The van der Waals surface area contributed by atoms with E-state index in [4.69, 9.17) is 5.11 Å². The number of thiazole rings is 1. The van der Waals surface area contributed by atoms with Gasteiger partial charge in [-0.05, 0) is 13.3 Å². The van der Waals surface area contributed by atoms with E-state index >= 15 is 0 Å². The number of carboxylic acid groups (broad SMARTS) is 1. The molecule has 0 fully saturated rings. The van der Waals surface area contributed by atoms with Crippen LogP contribution in [-0.4, -0.2) is 39.6 Å². The Balaban J connectivity index is 2.73. The molecule has 1 rings (SSSR count). The van der Waals surface area contributed by atoms with Gasteiger partial charge in [0.2, 0.25) is 0 Å². The van der Waals surface area contributed by atoms with Crippen LogP contribution in [0.2, 0.25) is 0 Å². The lowest BCUT2D eigenvalue weighted by atomic mass is 10.2. The molecule has 1 aromatic rings. The second kappa shape index (κ2) is 8.73. The third kappa shape index (κ3) is 5.63. The molecule has 0 aliphatic heterocycles. The van der Waals surface area contributed by atoms with Crippen LogP contribution in [0.1, 0.15) is 57.2 Å². The minimum atomic E-state index is -1.04. The highest BCUT2D eigenvalue weighted by atomic mass is 32.1. The Morgan fingerprint density at radius 3 is 2.59 bits per heavy atom. The van der Waals surface area contributed by atoms with E-state index in [-0.39, 0.29) is 6.03 Å². The first-order chi connectivity index (χ1) is 10.3. The van der Waals surface area contributed by atoms with Crippen LogP contribution < -0.4 is 5.32 Å². The highest BCUT2D eigenvalue weighted by Gasteiger charge is 2.20. The van der Waals surface area contributed by atoms with Crippen LogP contribution in [0.5, 0.6) is 0 Å². The van der Waals surface area contributed by atoms with Crippen LogP contribution in [0.15, 0.2) is 5.38 Å². The van der Waals surface area contributed by atoms with Crippen LogP contribution in [0.25, 0.3) is 0 Å². The largest absolute Gasteiger partial charge is 0.480 e. The third-order valence-corrected chi connectivity index (χ3v) is 4.39. The molecule has 124 valence electrons.